The fourth-order valence-corrected chi connectivity index (χ4v) is 1.28. The molecule has 0 saturated carbocycles. The smallest absolute Gasteiger partial charge is 0.327 e. The first kappa shape index (κ1) is 14.0. The van der Waals surface area contributed by atoms with Crippen molar-refractivity contribution in [2.75, 3.05) is 0 Å². The Morgan fingerprint density at radius 1 is 1.18 bits per heavy atom. The van der Waals surface area contributed by atoms with Gasteiger partial charge < -0.3 is 11.1 Å². The normalized spacial score (nSPS) is 15.6. The van der Waals surface area contributed by atoms with E-state index in [1.54, 1.807) is 0 Å². The number of halogens is 3. The van der Waals surface area contributed by atoms with Gasteiger partial charge in [-0.25, -0.2) is 0 Å². The number of alkyl halides is 3. The number of benzene rings is 1. The molecule has 0 saturated heterocycles. The van der Waals surface area contributed by atoms with Gasteiger partial charge in [0.15, 0.2) is 0 Å². The molecular formula is C12H17F3N2. The zero-order valence-electron chi connectivity index (χ0n) is 9.88. The summed E-state index contributed by atoms with van der Waals surface area (Å²) < 4.78 is 36.9. The Hall–Kier alpha value is -1.07. The highest BCUT2D eigenvalue weighted by Gasteiger charge is 2.29. The summed E-state index contributed by atoms with van der Waals surface area (Å²) in [5, 5.41) is 3.15. The Labute approximate surface area is 99.0 Å². The van der Waals surface area contributed by atoms with Crippen LogP contribution >= 0.6 is 0 Å². The van der Waals surface area contributed by atoms with Gasteiger partial charge in [-0.15, -0.1) is 0 Å². The molecule has 1 rings (SSSR count). The summed E-state index contributed by atoms with van der Waals surface area (Å²) >= 11 is 0. The first-order valence-electron chi connectivity index (χ1n) is 5.46. The van der Waals surface area contributed by atoms with Crippen molar-refractivity contribution < 1.29 is 13.2 Å². The van der Waals surface area contributed by atoms with Crippen molar-refractivity contribution in [3.8, 4) is 0 Å². The molecule has 0 radical (unpaired) electrons. The molecule has 2 unspecified atom stereocenters. The van der Waals surface area contributed by atoms with E-state index in [4.69, 9.17) is 5.73 Å². The maximum atomic E-state index is 12.3. The van der Waals surface area contributed by atoms with Crippen molar-refractivity contribution in [3.05, 3.63) is 35.4 Å². The second-order valence-corrected chi connectivity index (χ2v) is 4.22. The van der Waals surface area contributed by atoms with Gasteiger partial charge in [-0.05, 0) is 31.5 Å². The number of nitrogens with one attached hydrogen (secondary N) is 1. The molecule has 2 atom stereocenters. The predicted octanol–water partition coefficient (Wildman–Crippen LogP) is 2.53. The molecule has 1 aromatic carbocycles. The standard InChI is InChI=1S/C12H17F3N2/c1-8(16)9(2)17-7-10-3-5-11(6-4-10)12(13,14)15/h3-6,8-9,17H,7,16H2,1-2H3. The molecule has 96 valence electrons. The summed E-state index contributed by atoms with van der Waals surface area (Å²) in [7, 11) is 0. The molecule has 3 N–H and O–H groups in total. The van der Waals surface area contributed by atoms with Crippen LogP contribution in [0.1, 0.15) is 25.0 Å². The van der Waals surface area contributed by atoms with Crippen LogP contribution in [0.4, 0.5) is 13.2 Å². The summed E-state index contributed by atoms with van der Waals surface area (Å²) in [5.74, 6) is 0. The molecule has 1 aromatic rings. The van der Waals surface area contributed by atoms with E-state index in [-0.39, 0.29) is 12.1 Å². The van der Waals surface area contributed by atoms with Gasteiger partial charge in [0.25, 0.3) is 0 Å². The van der Waals surface area contributed by atoms with Gasteiger partial charge in [0.1, 0.15) is 0 Å². The molecule has 0 aliphatic carbocycles. The second kappa shape index (κ2) is 5.51. The van der Waals surface area contributed by atoms with Gasteiger partial charge in [0.05, 0.1) is 5.56 Å². The molecule has 17 heavy (non-hydrogen) atoms. The van der Waals surface area contributed by atoms with Crippen molar-refractivity contribution in [2.45, 2.75) is 38.7 Å². The van der Waals surface area contributed by atoms with E-state index < -0.39 is 11.7 Å². The van der Waals surface area contributed by atoms with Crippen LogP contribution in [0, 0.1) is 0 Å². The van der Waals surface area contributed by atoms with Crippen LogP contribution in [0.15, 0.2) is 24.3 Å². The van der Waals surface area contributed by atoms with E-state index >= 15 is 0 Å². The van der Waals surface area contributed by atoms with Crippen LogP contribution in [-0.2, 0) is 12.7 Å². The molecule has 0 bridgehead atoms. The average Bonchev–Trinajstić information content (AvgIpc) is 2.25. The third-order valence-electron chi connectivity index (χ3n) is 2.70. The number of rotatable bonds is 4. The van der Waals surface area contributed by atoms with Crippen LogP contribution in [0.25, 0.3) is 0 Å². The molecule has 5 heteroatoms. The highest BCUT2D eigenvalue weighted by molar-refractivity contribution is 5.24. The van der Waals surface area contributed by atoms with Crippen molar-refractivity contribution in [3.63, 3.8) is 0 Å². The van der Waals surface area contributed by atoms with Gasteiger partial charge in [-0.3, -0.25) is 0 Å². The largest absolute Gasteiger partial charge is 0.416 e. The SMILES string of the molecule is CC(N)C(C)NCc1ccc(C(F)(F)F)cc1. The third kappa shape index (κ3) is 4.36. The minimum Gasteiger partial charge on any atom is -0.327 e. The van der Waals surface area contributed by atoms with Crippen LogP contribution in [0.3, 0.4) is 0 Å². The van der Waals surface area contributed by atoms with Crippen molar-refractivity contribution >= 4 is 0 Å². The Bertz CT molecular complexity index is 344. The van der Waals surface area contributed by atoms with E-state index in [0.29, 0.717) is 6.54 Å². The fourth-order valence-electron chi connectivity index (χ4n) is 1.28. The van der Waals surface area contributed by atoms with E-state index in [2.05, 4.69) is 5.32 Å². The molecule has 0 aromatic heterocycles. The van der Waals surface area contributed by atoms with E-state index in [0.717, 1.165) is 17.7 Å². The Morgan fingerprint density at radius 2 is 1.71 bits per heavy atom. The second-order valence-electron chi connectivity index (χ2n) is 4.22. The van der Waals surface area contributed by atoms with Crippen molar-refractivity contribution in [1.82, 2.24) is 5.32 Å². The minimum absolute atomic E-state index is 0.00412. The van der Waals surface area contributed by atoms with Gasteiger partial charge in [-0.2, -0.15) is 13.2 Å². The average molecular weight is 246 g/mol. The zero-order chi connectivity index (χ0) is 13.1. The Balaban J connectivity index is 2.57. The molecule has 0 heterocycles. The summed E-state index contributed by atoms with van der Waals surface area (Å²) in [4.78, 5) is 0. The number of nitrogens with two attached hydrogens (primary N) is 1. The van der Waals surface area contributed by atoms with Crippen LogP contribution in [0.2, 0.25) is 0 Å². The summed E-state index contributed by atoms with van der Waals surface area (Å²) in [6.45, 7) is 4.33. The first-order valence-corrected chi connectivity index (χ1v) is 5.46. The lowest BCUT2D eigenvalue weighted by atomic mass is 10.1. The van der Waals surface area contributed by atoms with Gasteiger partial charge in [0.2, 0.25) is 0 Å². The molecule has 0 spiro atoms. The van der Waals surface area contributed by atoms with Gasteiger partial charge in [0, 0.05) is 18.6 Å². The quantitative estimate of drug-likeness (QED) is 0.856. The lowest BCUT2D eigenvalue weighted by molar-refractivity contribution is -0.137. The maximum Gasteiger partial charge on any atom is 0.416 e. The highest BCUT2D eigenvalue weighted by atomic mass is 19.4. The molecule has 0 aliphatic rings. The Morgan fingerprint density at radius 3 is 2.12 bits per heavy atom. The minimum atomic E-state index is -4.27. The van der Waals surface area contributed by atoms with Crippen LogP contribution < -0.4 is 11.1 Å². The van der Waals surface area contributed by atoms with Crippen molar-refractivity contribution in [1.29, 1.82) is 0 Å². The maximum absolute atomic E-state index is 12.3. The molecule has 0 amide bonds. The third-order valence-corrected chi connectivity index (χ3v) is 2.70. The summed E-state index contributed by atoms with van der Waals surface area (Å²) in [6.07, 6.45) is -4.27. The van der Waals surface area contributed by atoms with E-state index in [9.17, 15) is 13.2 Å². The van der Waals surface area contributed by atoms with Crippen molar-refractivity contribution in [2.24, 2.45) is 5.73 Å². The molecule has 2 nitrogen and oxygen atoms in total. The fraction of sp³-hybridized carbons (Fsp3) is 0.500. The zero-order valence-corrected chi connectivity index (χ0v) is 9.88. The topological polar surface area (TPSA) is 38.0 Å². The summed E-state index contributed by atoms with van der Waals surface area (Å²) in [5.41, 5.74) is 5.86. The van der Waals surface area contributed by atoms with Crippen LogP contribution in [-0.4, -0.2) is 12.1 Å². The monoisotopic (exact) mass is 246 g/mol. The van der Waals surface area contributed by atoms with E-state index in [1.165, 1.54) is 12.1 Å². The van der Waals surface area contributed by atoms with Crippen LogP contribution in [0.5, 0.6) is 0 Å². The first-order chi connectivity index (χ1) is 7.80. The van der Waals surface area contributed by atoms with Gasteiger partial charge in [-0.1, -0.05) is 12.1 Å². The lowest BCUT2D eigenvalue weighted by Crippen LogP contribution is -2.40. The van der Waals surface area contributed by atoms with E-state index in [1.807, 2.05) is 13.8 Å². The Kier molecular flexibility index (Phi) is 4.54. The predicted molar refractivity (Wildman–Crippen MR) is 61.4 cm³/mol. The molecule has 0 aliphatic heterocycles. The highest BCUT2D eigenvalue weighted by Crippen LogP contribution is 2.28. The number of hydrogen-bond donors (Lipinski definition) is 2. The van der Waals surface area contributed by atoms with Gasteiger partial charge >= 0.3 is 6.18 Å². The molecular weight excluding hydrogens is 229 g/mol. The number of hydrogen-bond acceptors (Lipinski definition) is 2. The lowest BCUT2D eigenvalue weighted by Gasteiger charge is -2.17. The molecule has 0 fully saturated rings. The summed E-state index contributed by atoms with van der Waals surface area (Å²) in [6, 6.07) is 5.26.